The SMILES string of the molecule is CCOc1ccccc1C(C)NCCCCCOC. The van der Waals surface area contributed by atoms with E-state index in [1.54, 1.807) is 7.11 Å². The molecule has 0 aromatic heterocycles. The number of para-hydroxylation sites is 1. The molecular weight excluding hydrogens is 238 g/mol. The Labute approximate surface area is 117 Å². The maximum absolute atomic E-state index is 5.66. The fourth-order valence-electron chi connectivity index (χ4n) is 2.10. The van der Waals surface area contributed by atoms with Gasteiger partial charge in [-0.25, -0.2) is 0 Å². The lowest BCUT2D eigenvalue weighted by atomic mass is 10.1. The summed E-state index contributed by atoms with van der Waals surface area (Å²) in [6, 6.07) is 8.58. The van der Waals surface area contributed by atoms with Gasteiger partial charge >= 0.3 is 0 Å². The third kappa shape index (κ3) is 6.08. The summed E-state index contributed by atoms with van der Waals surface area (Å²) >= 11 is 0. The van der Waals surface area contributed by atoms with Gasteiger partial charge in [0.1, 0.15) is 5.75 Å². The van der Waals surface area contributed by atoms with Crippen molar-refractivity contribution in [1.29, 1.82) is 0 Å². The Kier molecular flexibility index (Phi) is 8.26. The van der Waals surface area contributed by atoms with Crippen molar-refractivity contribution in [2.24, 2.45) is 0 Å². The highest BCUT2D eigenvalue weighted by Crippen LogP contribution is 2.24. The predicted molar refractivity (Wildman–Crippen MR) is 79.8 cm³/mol. The number of methoxy groups -OCH3 is 1. The normalized spacial score (nSPS) is 12.4. The summed E-state index contributed by atoms with van der Waals surface area (Å²) < 4.78 is 10.7. The van der Waals surface area contributed by atoms with E-state index in [9.17, 15) is 0 Å². The average molecular weight is 265 g/mol. The molecular formula is C16H27NO2. The van der Waals surface area contributed by atoms with Gasteiger partial charge in [0.15, 0.2) is 0 Å². The van der Waals surface area contributed by atoms with Gasteiger partial charge in [-0.1, -0.05) is 18.2 Å². The molecule has 0 aliphatic rings. The van der Waals surface area contributed by atoms with Gasteiger partial charge < -0.3 is 14.8 Å². The van der Waals surface area contributed by atoms with Gasteiger partial charge in [-0.2, -0.15) is 0 Å². The number of hydrogen-bond donors (Lipinski definition) is 1. The summed E-state index contributed by atoms with van der Waals surface area (Å²) in [6.45, 7) is 6.81. The van der Waals surface area contributed by atoms with Crippen molar-refractivity contribution in [1.82, 2.24) is 5.32 Å². The van der Waals surface area contributed by atoms with Gasteiger partial charge in [0, 0.05) is 25.3 Å². The molecule has 0 radical (unpaired) electrons. The number of benzene rings is 1. The van der Waals surface area contributed by atoms with Crippen molar-refractivity contribution in [2.75, 3.05) is 26.9 Å². The Morgan fingerprint density at radius 2 is 1.95 bits per heavy atom. The second kappa shape index (κ2) is 9.82. The molecule has 0 saturated carbocycles. The first-order valence-electron chi connectivity index (χ1n) is 7.23. The largest absolute Gasteiger partial charge is 0.494 e. The first kappa shape index (κ1) is 16.0. The smallest absolute Gasteiger partial charge is 0.124 e. The Balaban J connectivity index is 2.34. The van der Waals surface area contributed by atoms with Crippen molar-refractivity contribution >= 4 is 0 Å². The van der Waals surface area contributed by atoms with E-state index in [1.165, 1.54) is 18.4 Å². The summed E-state index contributed by atoms with van der Waals surface area (Å²) in [4.78, 5) is 0. The maximum Gasteiger partial charge on any atom is 0.124 e. The highest BCUT2D eigenvalue weighted by atomic mass is 16.5. The molecule has 1 rings (SSSR count). The molecule has 19 heavy (non-hydrogen) atoms. The van der Waals surface area contributed by atoms with Crippen LogP contribution in [0.5, 0.6) is 5.75 Å². The van der Waals surface area contributed by atoms with Crippen molar-refractivity contribution in [3.05, 3.63) is 29.8 Å². The van der Waals surface area contributed by atoms with E-state index in [4.69, 9.17) is 9.47 Å². The van der Waals surface area contributed by atoms with E-state index >= 15 is 0 Å². The lowest BCUT2D eigenvalue weighted by Gasteiger charge is -2.18. The highest BCUT2D eigenvalue weighted by molar-refractivity contribution is 5.35. The summed E-state index contributed by atoms with van der Waals surface area (Å²) in [5, 5.41) is 3.55. The number of rotatable bonds is 10. The van der Waals surface area contributed by atoms with Crippen LogP contribution in [-0.4, -0.2) is 26.9 Å². The Morgan fingerprint density at radius 1 is 1.16 bits per heavy atom. The third-order valence-corrected chi connectivity index (χ3v) is 3.16. The van der Waals surface area contributed by atoms with Crippen LogP contribution >= 0.6 is 0 Å². The van der Waals surface area contributed by atoms with Gasteiger partial charge in [-0.15, -0.1) is 0 Å². The zero-order chi connectivity index (χ0) is 13.9. The van der Waals surface area contributed by atoms with Crippen molar-refractivity contribution < 1.29 is 9.47 Å². The minimum atomic E-state index is 0.324. The molecule has 0 aliphatic heterocycles. The molecule has 1 aromatic carbocycles. The first-order chi connectivity index (χ1) is 9.29. The molecule has 3 nitrogen and oxygen atoms in total. The zero-order valence-corrected chi connectivity index (χ0v) is 12.4. The maximum atomic E-state index is 5.66. The number of nitrogens with one attached hydrogen (secondary N) is 1. The molecule has 0 bridgehead atoms. The molecule has 108 valence electrons. The first-order valence-corrected chi connectivity index (χ1v) is 7.23. The van der Waals surface area contributed by atoms with E-state index in [0.29, 0.717) is 12.6 Å². The van der Waals surface area contributed by atoms with Gasteiger partial charge in [-0.3, -0.25) is 0 Å². The molecule has 1 N–H and O–H groups in total. The van der Waals surface area contributed by atoms with Crippen LogP contribution in [0.15, 0.2) is 24.3 Å². The van der Waals surface area contributed by atoms with Crippen molar-refractivity contribution in [2.45, 2.75) is 39.2 Å². The van der Waals surface area contributed by atoms with Crippen molar-refractivity contribution in [3.63, 3.8) is 0 Å². The molecule has 0 saturated heterocycles. The topological polar surface area (TPSA) is 30.5 Å². The van der Waals surface area contributed by atoms with Gasteiger partial charge in [0.2, 0.25) is 0 Å². The summed E-state index contributed by atoms with van der Waals surface area (Å²) in [7, 11) is 1.75. The van der Waals surface area contributed by atoms with Crippen LogP contribution in [-0.2, 0) is 4.74 Å². The standard InChI is InChI=1S/C16H27NO2/c1-4-19-16-11-7-6-10-15(16)14(2)17-12-8-5-9-13-18-3/h6-7,10-11,14,17H,4-5,8-9,12-13H2,1-3H3. The van der Waals surface area contributed by atoms with Crippen LogP contribution in [0.1, 0.15) is 44.7 Å². The van der Waals surface area contributed by atoms with E-state index < -0.39 is 0 Å². The highest BCUT2D eigenvalue weighted by Gasteiger charge is 2.09. The summed E-state index contributed by atoms with van der Waals surface area (Å²) in [5.74, 6) is 0.990. The molecule has 0 fully saturated rings. The van der Waals surface area contributed by atoms with Crippen LogP contribution in [0.2, 0.25) is 0 Å². The summed E-state index contributed by atoms with van der Waals surface area (Å²) in [6.07, 6.45) is 3.53. The molecule has 1 unspecified atom stereocenters. The van der Waals surface area contributed by atoms with Crippen LogP contribution < -0.4 is 10.1 Å². The number of unbranched alkanes of at least 4 members (excludes halogenated alkanes) is 2. The van der Waals surface area contributed by atoms with E-state index in [-0.39, 0.29) is 0 Å². The number of ether oxygens (including phenoxy) is 2. The molecule has 0 spiro atoms. The molecule has 0 aliphatic carbocycles. The Bertz CT molecular complexity index is 341. The predicted octanol–water partition coefficient (Wildman–Crippen LogP) is 3.55. The minimum absolute atomic E-state index is 0.324. The van der Waals surface area contributed by atoms with Crippen LogP contribution in [0.3, 0.4) is 0 Å². The third-order valence-electron chi connectivity index (χ3n) is 3.16. The molecule has 1 atom stereocenters. The van der Waals surface area contributed by atoms with Gasteiger partial charge in [0.05, 0.1) is 6.61 Å². The zero-order valence-electron chi connectivity index (χ0n) is 12.4. The van der Waals surface area contributed by atoms with Crippen LogP contribution in [0.4, 0.5) is 0 Å². The van der Waals surface area contributed by atoms with E-state index in [0.717, 1.165) is 25.3 Å². The van der Waals surface area contributed by atoms with E-state index in [2.05, 4.69) is 24.4 Å². The average Bonchev–Trinajstić information content (AvgIpc) is 2.43. The lowest BCUT2D eigenvalue weighted by Crippen LogP contribution is -2.20. The Hall–Kier alpha value is -1.06. The monoisotopic (exact) mass is 265 g/mol. The van der Waals surface area contributed by atoms with E-state index in [1.807, 2.05) is 19.1 Å². The molecule has 0 heterocycles. The second-order valence-corrected chi connectivity index (χ2v) is 4.70. The van der Waals surface area contributed by atoms with Crippen molar-refractivity contribution in [3.8, 4) is 5.75 Å². The Morgan fingerprint density at radius 3 is 2.68 bits per heavy atom. The quantitative estimate of drug-likeness (QED) is 0.656. The minimum Gasteiger partial charge on any atom is -0.494 e. The fraction of sp³-hybridized carbons (Fsp3) is 0.625. The second-order valence-electron chi connectivity index (χ2n) is 4.70. The summed E-state index contributed by atoms with van der Waals surface area (Å²) in [5.41, 5.74) is 1.24. The van der Waals surface area contributed by atoms with Gasteiger partial charge in [-0.05, 0) is 45.7 Å². The lowest BCUT2D eigenvalue weighted by molar-refractivity contribution is 0.192. The fourth-order valence-corrected chi connectivity index (χ4v) is 2.10. The number of hydrogen-bond acceptors (Lipinski definition) is 3. The molecule has 1 aromatic rings. The molecule has 3 heteroatoms. The van der Waals surface area contributed by atoms with Gasteiger partial charge in [0.25, 0.3) is 0 Å². The van der Waals surface area contributed by atoms with Crippen LogP contribution in [0.25, 0.3) is 0 Å². The molecule has 0 amide bonds. The van der Waals surface area contributed by atoms with Crippen LogP contribution in [0, 0.1) is 0 Å².